The van der Waals surface area contributed by atoms with E-state index in [1.807, 2.05) is 45.3 Å². The van der Waals surface area contributed by atoms with Crippen LogP contribution in [0.4, 0.5) is 0 Å². The van der Waals surface area contributed by atoms with Gasteiger partial charge in [0.2, 0.25) is 0 Å². The summed E-state index contributed by atoms with van der Waals surface area (Å²) in [5, 5.41) is 2.48. The molecule has 0 fully saturated rings. The number of benzene rings is 8. The van der Waals surface area contributed by atoms with Gasteiger partial charge in [0.25, 0.3) is 0 Å². The van der Waals surface area contributed by atoms with E-state index < -0.39 is 0 Å². The fourth-order valence-corrected chi connectivity index (χ4v) is 13.4. The molecule has 0 saturated heterocycles. The van der Waals surface area contributed by atoms with Crippen molar-refractivity contribution in [3.8, 4) is 106 Å². The van der Waals surface area contributed by atoms with Crippen molar-refractivity contribution in [2.75, 3.05) is 0 Å². The van der Waals surface area contributed by atoms with Gasteiger partial charge in [0.15, 0.2) is 0 Å². The smallest absolute Gasteiger partial charge is 0.0449 e. The van der Waals surface area contributed by atoms with E-state index in [1.54, 1.807) is 0 Å². The van der Waals surface area contributed by atoms with Crippen LogP contribution < -0.4 is 0 Å². The third-order valence-corrected chi connectivity index (χ3v) is 17.2. The van der Waals surface area contributed by atoms with E-state index in [1.165, 1.54) is 117 Å². The van der Waals surface area contributed by atoms with Crippen LogP contribution in [0.5, 0.6) is 0 Å². The summed E-state index contributed by atoms with van der Waals surface area (Å²) in [7, 11) is 0. The third kappa shape index (κ3) is 7.68. The van der Waals surface area contributed by atoms with Crippen LogP contribution in [0.15, 0.2) is 243 Å². The first-order valence-electron chi connectivity index (χ1n) is 22.1. The molecule has 0 bridgehead atoms. The highest BCUT2D eigenvalue weighted by Crippen LogP contribution is 2.52. The first-order valence-corrected chi connectivity index (χ1v) is 25.4. The number of hydrogen-bond acceptors (Lipinski definition) is 4. The second-order valence-electron chi connectivity index (χ2n) is 16.3. The minimum absolute atomic E-state index is 1.20. The second-order valence-corrected chi connectivity index (χ2v) is 20.7. The van der Waals surface area contributed by atoms with Gasteiger partial charge >= 0.3 is 0 Å². The minimum Gasteiger partial charge on any atom is -0.134 e. The van der Waals surface area contributed by atoms with Crippen LogP contribution in [0.25, 0.3) is 117 Å². The van der Waals surface area contributed by atoms with Gasteiger partial charge in [0, 0.05) is 39.0 Å². The van der Waals surface area contributed by atoms with Gasteiger partial charge in [-0.2, -0.15) is 0 Å². The van der Waals surface area contributed by atoms with Crippen molar-refractivity contribution >= 4 is 56.1 Å². The largest absolute Gasteiger partial charge is 0.134 e. The lowest BCUT2D eigenvalue weighted by Gasteiger charge is -2.24. The highest BCUT2D eigenvalue weighted by atomic mass is 32.1. The van der Waals surface area contributed by atoms with Crippen molar-refractivity contribution in [1.82, 2.24) is 0 Å². The zero-order valence-corrected chi connectivity index (χ0v) is 39.0. The highest BCUT2D eigenvalue weighted by Gasteiger charge is 2.24. The normalized spacial score (nSPS) is 11.3. The molecule has 66 heavy (non-hydrogen) atoms. The van der Waals surface area contributed by atoms with Gasteiger partial charge in [-0.15, -0.1) is 45.3 Å². The maximum absolute atomic E-state index is 2.33. The van der Waals surface area contributed by atoms with E-state index in [0.717, 1.165) is 0 Å². The Kier molecular flexibility index (Phi) is 10.8. The van der Waals surface area contributed by atoms with Crippen LogP contribution >= 0.6 is 45.3 Å². The Bertz CT molecular complexity index is 3350. The summed E-state index contributed by atoms with van der Waals surface area (Å²) in [5.41, 5.74) is 14.8. The zero-order valence-electron chi connectivity index (χ0n) is 35.7. The Morgan fingerprint density at radius 2 is 0.364 bits per heavy atom. The molecule has 4 heteroatoms. The lowest BCUT2D eigenvalue weighted by atomic mass is 9.79. The topological polar surface area (TPSA) is 0 Å². The molecule has 0 saturated carbocycles. The van der Waals surface area contributed by atoms with Gasteiger partial charge in [-0.05, 0) is 126 Å². The summed E-state index contributed by atoms with van der Waals surface area (Å²) in [6.07, 6.45) is 0. The summed E-state index contributed by atoms with van der Waals surface area (Å²) in [5.74, 6) is 0. The van der Waals surface area contributed by atoms with Crippen LogP contribution in [0.3, 0.4) is 0 Å². The van der Waals surface area contributed by atoms with E-state index in [2.05, 4.69) is 243 Å². The van der Waals surface area contributed by atoms with Gasteiger partial charge in [-0.3, -0.25) is 0 Å². The monoisotopic (exact) mass is 912 g/mol. The van der Waals surface area contributed by atoms with Crippen LogP contribution in [0.1, 0.15) is 0 Å². The van der Waals surface area contributed by atoms with Crippen molar-refractivity contribution in [3.63, 3.8) is 0 Å². The van der Waals surface area contributed by atoms with Crippen molar-refractivity contribution in [2.45, 2.75) is 0 Å². The van der Waals surface area contributed by atoms with Crippen LogP contribution in [-0.4, -0.2) is 0 Å². The average Bonchev–Trinajstić information content (AvgIpc) is 4.25. The Morgan fingerprint density at radius 1 is 0.152 bits per heavy atom. The summed E-state index contributed by atoms with van der Waals surface area (Å²) in [6.45, 7) is 0. The van der Waals surface area contributed by atoms with Crippen LogP contribution in [0, 0.1) is 0 Å². The van der Waals surface area contributed by atoms with Crippen molar-refractivity contribution in [2.24, 2.45) is 0 Å². The molecule has 0 unspecified atom stereocenters. The molecule has 0 N–H and O–H groups in total. The number of hydrogen-bond donors (Lipinski definition) is 0. The SMILES string of the molecule is c1ccc(-c2ccc(-c3ccc(-c4ccc(-c5c(-c6ccccc6)c(-c6ccccc6)c(-c6ccc(-c7ccc(-c8ccc(-c9ccccc9)s8)s7)cc6)c6ccccc56)cc4)s3)s2)cc1. The number of rotatable bonds is 10. The first kappa shape index (κ1) is 40.3. The van der Waals surface area contributed by atoms with E-state index in [0.29, 0.717) is 0 Å². The molecule has 0 aliphatic carbocycles. The Hall–Kier alpha value is -7.18. The fourth-order valence-electron chi connectivity index (χ4n) is 9.13. The summed E-state index contributed by atoms with van der Waals surface area (Å²) >= 11 is 7.44. The molecule has 8 aromatic carbocycles. The molecule has 0 spiro atoms. The van der Waals surface area contributed by atoms with Crippen LogP contribution in [0.2, 0.25) is 0 Å². The first-order chi connectivity index (χ1) is 32.7. The average molecular weight is 913 g/mol. The number of thiophene rings is 4. The Labute approximate surface area is 401 Å². The Balaban J connectivity index is 0.949. The molecule has 0 atom stereocenters. The lowest BCUT2D eigenvalue weighted by Crippen LogP contribution is -1.97. The molecular weight excluding hydrogens is 873 g/mol. The molecule has 12 rings (SSSR count). The molecular formula is C62H40S4. The second kappa shape index (κ2) is 17.7. The van der Waals surface area contributed by atoms with Gasteiger partial charge < -0.3 is 0 Å². The van der Waals surface area contributed by atoms with Gasteiger partial charge in [0.1, 0.15) is 0 Å². The predicted octanol–water partition coefficient (Wildman–Crippen LogP) is 19.8. The summed E-state index contributed by atoms with van der Waals surface area (Å²) in [4.78, 5) is 10.3. The minimum atomic E-state index is 1.20. The molecule has 0 nitrogen and oxygen atoms in total. The van der Waals surface area contributed by atoms with Gasteiger partial charge in [-0.25, -0.2) is 0 Å². The Morgan fingerprint density at radius 3 is 0.667 bits per heavy atom. The molecule has 0 radical (unpaired) electrons. The lowest BCUT2D eigenvalue weighted by molar-refractivity contribution is 1.57. The standard InChI is InChI=1S/C62H40S4/c1-5-15-41(16-6-1)51-33-37-55(63-51)57-39-35-53(65-57)43-25-29-47(30-26-43)59-49-23-13-14-24-50(49)60(62(46-21-11-4-12-22-46)61(59)45-19-9-3-10-20-45)48-31-27-44(28-32-48)54-36-40-58(66-54)56-38-34-52(64-56)42-17-7-2-8-18-42/h1-40H. The maximum atomic E-state index is 2.33. The van der Waals surface area contributed by atoms with E-state index >= 15 is 0 Å². The van der Waals surface area contributed by atoms with Gasteiger partial charge in [-0.1, -0.05) is 194 Å². The maximum Gasteiger partial charge on any atom is 0.0449 e. The van der Waals surface area contributed by atoms with E-state index in [4.69, 9.17) is 0 Å². The highest BCUT2D eigenvalue weighted by molar-refractivity contribution is 7.25. The van der Waals surface area contributed by atoms with E-state index in [-0.39, 0.29) is 0 Å². The quantitative estimate of drug-likeness (QED) is 0.128. The van der Waals surface area contributed by atoms with E-state index in [9.17, 15) is 0 Å². The fraction of sp³-hybridized carbons (Fsp3) is 0. The molecule has 312 valence electrons. The third-order valence-electron chi connectivity index (χ3n) is 12.3. The molecule has 12 aromatic rings. The summed E-state index contributed by atoms with van der Waals surface area (Å²) < 4.78 is 0. The molecule has 0 aliphatic heterocycles. The molecule has 4 aromatic heterocycles. The summed E-state index contributed by atoms with van der Waals surface area (Å²) in [6, 6.07) is 89.0. The number of fused-ring (bicyclic) bond motifs is 1. The molecule has 4 heterocycles. The van der Waals surface area contributed by atoms with Crippen molar-refractivity contribution < 1.29 is 0 Å². The van der Waals surface area contributed by atoms with Crippen molar-refractivity contribution in [1.29, 1.82) is 0 Å². The van der Waals surface area contributed by atoms with Gasteiger partial charge in [0.05, 0.1) is 0 Å². The molecule has 0 aliphatic rings. The van der Waals surface area contributed by atoms with Crippen LogP contribution in [-0.2, 0) is 0 Å². The molecule has 0 amide bonds. The predicted molar refractivity (Wildman–Crippen MR) is 290 cm³/mol. The zero-order chi connectivity index (χ0) is 43.8. The van der Waals surface area contributed by atoms with Crippen molar-refractivity contribution in [3.05, 3.63) is 243 Å².